The Labute approximate surface area is 287 Å². The molecule has 0 radical (unpaired) electrons. The van der Waals surface area contributed by atoms with Crippen molar-refractivity contribution in [3.8, 4) is 5.75 Å². The minimum absolute atomic E-state index is 0.0528. The van der Waals surface area contributed by atoms with Crippen LogP contribution in [0.2, 0.25) is 5.02 Å². The number of benzene rings is 2. The van der Waals surface area contributed by atoms with Crippen LogP contribution < -0.4 is 9.64 Å². The van der Waals surface area contributed by atoms with Gasteiger partial charge >= 0.3 is 0 Å². The van der Waals surface area contributed by atoms with Crippen LogP contribution in [-0.2, 0) is 34.5 Å². The molecule has 1 fully saturated rings. The summed E-state index contributed by atoms with van der Waals surface area (Å²) < 4.78 is 32.2. The second-order valence-electron chi connectivity index (χ2n) is 12.8. The minimum atomic E-state index is -3.33. The first-order chi connectivity index (χ1) is 23.2. The third-order valence-corrected chi connectivity index (χ3v) is 11.5. The third kappa shape index (κ3) is 8.07. The van der Waals surface area contributed by atoms with Crippen molar-refractivity contribution in [2.45, 2.75) is 57.6 Å². The van der Waals surface area contributed by atoms with Gasteiger partial charge in [-0.2, -0.15) is 9.46 Å². The summed E-state index contributed by atoms with van der Waals surface area (Å²) in [6.07, 6.45) is 13.0. The molecule has 0 spiro atoms. The van der Waals surface area contributed by atoms with Crippen molar-refractivity contribution in [2.75, 3.05) is 30.9 Å². The first-order valence-electron chi connectivity index (χ1n) is 16.6. The lowest BCUT2D eigenvalue weighted by Gasteiger charge is -2.43. The number of fused-ring (bicyclic) bond motifs is 3. The van der Waals surface area contributed by atoms with Gasteiger partial charge in [-0.3, -0.25) is 14.3 Å². The molecular weight excluding hydrogens is 650 g/mol. The zero-order valence-corrected chi connectivity index (χ0v) is 29.0. The number of nitrogens with zero attached hydrogens (tertiary/aromatic N) is 5. The van der Waals surface area contributed by atoms with Crippen LogP contribution in [0.3, 0.4) is 0 Å². The lowest BCUT2D eigenvalue weighted by atomic mass is 9.70. The summed E-state index contributed by atoms with van der Waals surface area (Å²) in [6, 6.07) is 11.4. The monoisotopic (exact) mass is 691 g/mol. The SMILES string of the molecule is CO[C@H]1/C=C/CCCS(=O)(C=NC(=O)c2cnn(C)c2)=NC(=O)c2ccc3c(c2)N(Cc2ccc(Cl)cc2CCCCO3)C[C@@H]2CC[C@H]21. The topological polar surface area (TPSA) is 115 Å². The molecule has 4 atom stereocenters. The van der Waals surface area contributed by atoms with Crippen molar-refractivity contribution in [1.29, 1.82) is 0 Å². The van der Waals surface area contributed by atoms with Crippen LogP contribution in [0, 0.1) is 11.8 Å². The molecule has 0 saturated heterocycles. The number of allylic oxidation sites excluding steroid dienone is 1. The predicted molar refractivity (Wildman–Crippen MR) is 189 cm³/mol. The third-order valence-electron chi connectivity index (χ3n) is 9.46. The van der Waals surface area contributed by atoms with Crippen molar-refractivity contribution in [2.24, 2.45) is 28.2 Å². The van der Waals surface area contributed by atoms with Crippen molar-refractivity contribution < 1.29 is 23.3 Å². The first-order valence-corrected chi connectivity index (χ1v) is 18.7. The van der Waals surface area contributed by atoms with Crippen molar-refractivity contribution in [3.63, 3.8) is 0 Å². The van der Waals surface area contributed by atoms with Gasteiger partial charge in [-0.25, -0.2) is 9.20 Å². The zero-order chi connectivity index (χ0) is 33.7. The standard InChI is InChI=1S/C36H42ClN5O5S/c1-41-21-29(20-39-41)35(43)38-24-48(45)17-7-3-4-9-33(46-2)31-14-11-28(31)23-42-22-27-10-13-30(37)18-25(27)8-5-6-16-47-34-15-12-26(19-32(34)42)36(44)40-48/h4,9-10,12-13,15,18-21,24,28,31,33H,3,5-8,11,14,16-17,22-23H2,1-2H3/b9-4+,38-24?/t28-,31+,33-,48?/m0/s1. The number of methoxy groups -OCH3 is 1. The predicted octanol–water partition coefficient (Wildman–Crippen LogP) is 6.66. The fourth-order valence-corrected chi connectivity index (χ4v) is 8.34. The maximum Gasteiger partial charge on any atom is 0.285 e. The Morgan fingerprint density at radius 1 is 1.15 bits per heavy atom. The summed E-state index contributed by atoms with van der Waals surface area (Å²) in [5.41, 5.74) is 4.77. The van der Waals surface area contributed by atoms with E-state index >= 15 is 0 Å². The van der Waals surface area contributed by atoms with Gasteiger partial charge in [0.25, 0.3) is 11.8 Å². The number of hydrogen-bond donors (Lipinski definition) is 0. The Morgan fingerprint density at radius 2 is 2.02 bits per heavy atom. The summed E-state index contributed by atoms with van der Waals surface area (Å²) >= 11 is 6.44. The number of anilines is 1. The van der Waals surface area contributed by atoms with E-state index in [0.717, 1.165) is 49.9 Å². The number of carbonyl (C=O) groups is 2. The molecule has 2 bridgehead atoms. The molecule has 1 saturated carbocycles. The van der Waals surface area contributed by atoms with Gasteiger partial charge in [0.1, 0.15) is 11.3 Å². The number of rotatable bonds is 3. The summed E-state index contributed by atoms with van der Waals surface area (Å²) in [6.45, 7) is 1.88. The number of ether oxygens (including phenoxy) is 2. The van der Waals surface area contributed by atoms with Gasteiger partial charge in [0.15, 0.2) is 0 Å². The largest absolute Gasteiger partial charge is 0.491 e. The fourth-order valence-electron chi connectivity index (χ4n) is 6.68. The molecule has 1 unspecified atom stereocenters. The summed E-state index contributed by atoms with van der Waals surface area (Å²) in [7, 11) is 0.107. The molecule has 2 aliphatic heterocycles. The fraction of sp³-hybridized carbons (Fsp3) is 0.444. The normalized spacial score (nSPS) is 25.9. The number of aliphatic imine (C=N–C) groups is 1. The second-order valence-corrected chi connectivity index (χ2v) is 15.4. The van der Waals surface area contributed by atoms with Gasteiger partial charge in [0.2, 0.25) is 0 Å². The van der Waals surface area contributed by atoms with E-state index in [4.69, 9.17) is 21.1 Å². The Hall–Kier alpha value is -3.80. The lowest BCUT2D eigenvalue weighted by Crippen LogP contribution is -2.43. The van der Waals surface area contributed by atoms with Gasteiger partial charge in [-0.15, -0.1) is 0 Å². The quantitative estimate of drug-likeness (QED) is 0.171. The van der Waals surface area contributed by atoms with Crippen LogP contribution in [0.4, 0.5) is 5.69 Å². The number of amides is 2. The van der Waals surface area contributed by atoms with E-state index < -0.39 is 21.5 Å². The minimum Gasteiger partial charge on any atom is -0.491 e. The van der Waals surface area contributed by atoms with E-state index in [1.54, 1.807) is 26.3 Å². The van der Waals surface area contributed by atoms with Crippen LogP contribution >= 0.6 is 11.6 Å². The van der Waals surface area contributed by atoms with Gasteiger partial charge in [-0.05, 0) is 98.2 Å². The molecular formula is C36H42ClN5O5S. The first kappa shape index (κ1) is 34.1. The molecule has 12 heteroatoms. The average molecular weight is 692 g/mol. The van der Waals surface area contributed by atoms with E-state index in [9.17, 15) is 13.8 Å². The highest BCUT2D eigenvalue weighted by Gasteiger charge is 2.38. The van der Waals surface area contributed by atoms with Gasteiger partial charge in [-0.1, -0.05) is 29.8 Å². The molecule has 2 amide bonds. The molecule has 10 nitrogen and oxygen atoms in total. The Morgan fingerprint density at radius 3 is 2.79 bits per heavy atom. The molecule has 3 heterocycles. The molecule has 6 rings (SSSR count). The highest BCUT2D eigenvalue weighted by Crippen LogP contribution is 2.42. The molecule has 0 N–H and O–H groups in total. The molecule has 2 aromatic carbocycles. The van der Waals surface area contributed by atoms with Gasteiger partial charge < -0.3 is 14.4 Å². The second kappa shape index (κ2) is 15.2. The van der Waals surface area contributed by atoms with Crippen molar-refractivity contribution in [1.82, 2.24) is 9.78 Å². The van der Waals surface area contributed by atoms with Gasteiger partial charge in [0.05, 0.1) is 39.9 Å². The van der Waals surface area contributed by atoms with Crippen molar-refractivity contribution >= 4 is 44.4 Å². The Kier molecular flexibility index (Phi) is 10.8. The highest BCUT2D eigenvalue weighted by molar-refractivity contribution is 8.06. The highest BCUT2D eigenvalue weighted by atomic mass is 35.5. The number of aromatic nitrogens is 2. The number of halogens is 1. The van der Waals surface area contributed by atoms with E-state index in [0.29, 0.717) is 54.2 Å². The zero-order valence-electron chi connectivity index (χ0n) is 27.4. The summed E-state index contributed by atoms with van der Waals surface area (Å²) in [4.78, 5) is 32.8. The van der Waals surface area contributed by atoms with Crippen molar-refractivity contribution in [3.05, 3.63) is 88.2 Å². The van der Waals surface area contributed by atoms with Crippen LogP contribution in [0.25, 0.3) is 0 Å². The Bertz CT molecular complexity index is 1850. The molecule has 3 aliphatic rings. The summed E-state index contributed by atoms with van der Waals surface area (Å²) in [5, 5.41) is 4.72. The molecule has 48 heavy (non-hydrogen) atoms. The Balaban J connectivity index is 1.43. The number of carbonyl (C=O) groups excluding carboxylic acids is 2. The molecule has 1 aliphatic carbocycles. The van der Waals surface area contributed by atoms with Crippen LogP contribution in [0.1, 0.15) is 70.4 Å². The van der Waals surface area contributed by atoms with Crippen LogP contribution in [0.15, 0.2) is 70.3 Å². The van der Waals surface area contributed by atoms with E-state index in [1.165, 1.54) is 28.2 Å². The molecule has 1 aromatic heterocycles. The maximum atomic E-state index is 14.2. The van der Waals surface area contributed by atoms with Crippen LogP contribution in [-0.4, -0.2) is 63.5 Å². The molecule has 3 aromatic rings. The van der Waals surface area contributed by atoms with E-state index in [2.05, 4.69) is 43.6 Å². The molecule has 254 valence electrons. The number of aryl methyl sites for hydroxylation is 2. The lowest BCUT2D eigenvalue weighted by molar-refractivity contribution is 0.0134. The van der Waals surface area contributed by atoms with Gasteiger partial charge in [0, 0.05) is 49.8 Å². The maximum absolute atomic E-state index is 14.2. The summed E-state index contributed by atoms with van der Waals surface area (Å²) in [5.74, 6) is 0.230. The smallest absolute Gasteiger partial charge is 0.285 e. The van der Waals surface area contributed by atoms with Crippen LogP contribution in [0.5, 0.6) is 5.75 Å². The van der Waals surface area contributed by atoms with E-state index in [1.807, 2.05) is 12.1 Å². The van der Waals surface area contributed by atoms with E-state index in [-0.39, 0.29) is 17.4 Å². The number of hydrogen-bond acceptors (Lipinski definition) is 7. The average Bonchev–Trinajstić information content (AvgIpc) is 3.49.